The SMILES string of the molecule is Cc1ccc(-c2cccc3nc(Nc4ccc(OCCN5CCCC5)cc4)nn23)cc1F. The molecule has 0 unspecified atom stereocenters. The molecule has 0 bridgehead atoms. The van der Waals surface area contributed by atoms with E-state index in [4.69, 9.17) is 4.74 Å². The minimum absolute atomic E-state index is 0.235. The van der Waals surface area contributed by atoms with E-state index in [1.165, 1.54) is 32.0 Å². The first-order chi connectivity index (χ1) is 15.7. The van der Waals surface area contributed by atoms with Crippen molar-refractivity contribution in [3.63, 3.8) is 0 Å². The summed E-state index contributed by atoms with van der Waals surface area (Å²) in [5.74, 6) is 1.09. The molecule has 2 aromatic heterocycles. The molecule has 1 N–H and O–H groups in total. The summed E-state index contributed by atoms with van der Waals surface area (Å²) in [6.07, 6.45) is 2.59. The fourth-order valence-electron chi connectivity index (χ4n) is 3.99. The second kappa shape index (κ2) is 8.96. The van der Waals surface area contributed by atoms with E-state index < -0.39 is 0 Å². The molecule has 0 atom stereocenters. The number of nitrogens with zero attached hydrogens (tertiary/aromatic N) is 4. The first kappa shape index (κ1) is 20.5. The number of anilines is 2. The first-order valence-electron chi connectivity index (χ1n) is 11.0. The second-order valence-electron chi connectivity index (χ2n) is 8.13. The Morgan fingerprint density at radius 3 is 2.62 bits per heavy atom. The molecule has 0 amide bonds. The average Bonchev–Trinajstić information content (AvgIpc) is 3.46. The third-order valence-corrected chi connectivity index (χ3v) is 5.81. The molecule has 7 heteroatoms. The monoisotopic (exact) mass is 431 g/mol. The number of benzene rings is 2. The van der Waals surface area contributed by atoms with Gasteiger partial charge in [-0.1, -0.05) is 18.2 Å². The lowest BCUT2D eigenvalue weighted by atomic mass is 10.1. The van der Waals surface area contributed by atoms with Gasteiger partial charge in [-0.15, -0.1) is 5.10 Å². The summed E-state index contributed by atoms with van der Waals surface area (Å²) in [6.45, 7) is 5.78. The van der Waals surface area contributed by atoms with Crippen LogP contribution >= 0.6 is 0 Å². The number of likely N-dealkylation sites (tertiary alicyclic amines) is 1. The molecule has 164 valence electrons. The molecule has 0 spiro atoms. The summed E-state index contributed by atoms with van der Waals surface area (Å²) in [5, 5.41) is 7.83. The number of aromatic nitrogens is 3. The van der Waals surface area contributed by atoms with Gasteiger partial charge in [0.2, 0.25) is 5.95 Å². The Morgan fingerprint density at radius 1 is 1.03 bits per heavy atom. The second-order valence-corrected chi connectivity index (χ2v) is 8.13. The summed E-state index contributed by atoms with van der Waals surface area (Å²) in [6, 6.07) is 18.7. The van der Waals surface area contributed by atoms with Crippen molar-refractivity contribution in [1.29, 1.82) is 0 Å². The predicted molar refractivity (Wildman–Crippen MR) is 124 cm³/mol. The number of rotatable bonds is 7. The number of fused-ring (bicyclic) bond motifs is 1. The molecule has 32 heavy (non-hydrogen) atoms. The maximum atomic E-state index is 14.1. The quantitative estimate of drug-likeness (QED) is 0.443. The Morgan fingerprint density at radius 2 is 1.84 bits per heavy atom. The highest BCUT2D eigenvalue weighted by atomic mass is 19.1. The zero-order valence-corrected chi connectivity index (χ0v) is 18.1. The van der Waals surface area contributed by atoms with Crippen LogP contribution in [0.3, 0.4) is 0 Å². The molecule has 0 radical (unpaired) electrons. The molecule has 1 saturated heterocycles. The van der Waals surface area contributed by atoms with Gasteiger partial charge in [-0.3, -0.25) is 4.90 Å². The van der Waals surface area contributed by atoms with Crippen molar-refractivity contribution in [2.45, 2.75) is 19.8 Å². The van der Waals surface area contributed by atoms with Crippen molar-refractivity contribution in [3.8, 4) is 17.0 Å². The van der Waals surface area contributed by atoms with E-state index in [-0.39, 0.29) is 5.82 Å². The third kappa shape index (κ3) is 4.43. The number of aryl methyl sites for hydroxylation is 1. The average molecular weight is 432 g/mol. The van der Waals surface area contributed by atoms with Gasteiger partial charge in [-0.05, 0) is 80.9 Å². The van der Waals surface area contributed by atoms with Gasteiger partial charge in [0.15, 0.2) is 5.65 Å². The fourth-order valence-corrected chi connectivity index (χ4v) is 3.99. The van der Waals surface area contributed by atoms with Crippen LogP contribution in [0.1, 0.15) is 18.4 Å². The number of halogens is 1. The number of hydrogen-bond acceptors (Lipinski definition) is 5. The van der Waals surface area contributed by atoms with Crippen LogP contribution in [0, 0.1) is 12.7 Å². The van der Waals surface area contributed by atoms with E-state index in [1.54, 1.807) is 17.5 Å². The maximum absolute atomic E-state index is 14.1. The van der Waals surface area contributed by atoms with Crippen LogP contribution in [0.4, 0.5) is 16.0 Å². The lowest BCUT2D eigenvalue weighted by Gasteiger charge is -2.15. The predicted octanol–water partition coefficient (Wildman–Crippen LogP) is 5.06. The minimum Gasteiger partial charge on any atom is -0.492 e. The van der Waals surface area contributed by atoms with Crippen LogP contribution < -0.4 is 10.1 Å². The Labute approximate surface area is 186 Å². The lowest BCUT2D eigenvalue weighted by molar-refractivity contribution is 0.238. The van der Waals surface area contributed by atoms with Crippen molar-refractivity contribution in [2.75, 3.05) is 31.6 Å². The zero-order valence-electron chi connectivity index (χ0n) is 18.1. The molecule has 3 heterocycles. The van der Waals surface area contributed by atoms with Crippen LogP contribution in [0.2, 0.25) is 0 Å². The van der Waals surface area contributed by atoms with Gasteiger partial charge >= 0.3 is 0 Å². The molecule has 1 fully saturated rings. The highest BCUT2D eigenvalue weighted by Crippen LogP contribution is 2.24. The van der Waals surface area contributed by atoms with Gasteiger partial charge in [0.1, 0.15) is 18.2 Å². The van der Waals surface area contributed by atoms with E-state index in [0.29, 0.717) is 23.8 Å². The van der Waals surface area contributed by atoms with Gasteiger partial charge in [-0.2, -0.15) is 4.98 Å². The van der Waals surface area contributed by atoms with E-state index in [9.17, 15) is 4.39 Å². The van der Waals surface area contributed by atoms with Crippen molar-refractivity contribution in [2.24, 2.45) is 0 Å². The first-order valence-corrected chi connectivity index (χ1v) is 11.0. The van der Waals surface area contributed by atoms with Crippen molar-refractivity contribution < 1.29 is 9.13 Å². The summed E-state index contributed by atoms with van der Waals surface area (Å²) < 4.78 is 21.7. The highest BCUT2D eigenvalue weighted by molar-refractivity contribution is 5.65. The number of pyridine rings is 1. The third-order valence-electron chi connectivity index (χ3n) is 5.81. The summed E-state index contributed by atoms with van der Waals surface area (Å²) in [4.78, 5) is 7.00. The van der Waals surface area contributed by atoms with Crippen molar-refractivity contribution in [1.82, 2.24) is 19.5 Å². The summed E-state index contributed by atoms with van der Waals surface area (Å²) in [5.41, 5.74) is 3.71. The topological polar surface area (TPSA) is 54.7 Å². The van der Waals surface area contributed by atoms with E-state index in [2.05, 4.69) is 20.3 Å². The van der Waals surface area contributed by atoms with Gasteiger partial charge in [0.05, 0.1) is 5.69 Å². The molecular formula is C25H26FN5O. The van der Waals surface area contributed by atoms with Gasteiger partial charge in [0, 0.05) is 17.8 Å². The molecule has 2 aromatic carbocycles. The van der Waals surface area contributed by atoms with E-state index in [1.807, 2.05) is 48.5 Å². The zero-order chi connectivity index (χ0) is 21.9. The Balaban J connectivity index is 1.28. The van der Waals surface area contributed by atoms with Crippen LogP contribution in [0.25, 0.3) is 16.9 Å². The molecule has 1 aliphatic heterocycles. The van der Waals surface area contributed by atoms with Gasteiger partial charge in [0.25, 0.3) is 0 Å². The molecule has 1 aliphatic rings. The largest absolute Gasteiger partial charge is 0.492 e. The Hall–Kier alpha value is -3.45. The van der Waals surface area contributed by atoms with Gasteiger partial charge in [-0.25, -0.2) is 8.91 Å². The van der Waals surface area contributed by atoms with Crippen LogP contribution in [0.15, 0.2) is 60.7 Å². The van der Waals surface area contributed by atoms with Crippen LogP contribution in [-0.2, 0) is 0 Å². The van der Waals surface area contributed by atoms with Crippen molar-refractivity contribution in [3.05, 3.63) is 72.0 Å². The van der Waals surface area contributed by atoms with Gasteiger partial charge < -0.3 is 10.1 Å². The summed E-state index contributed by atoms with van der Waals surface area (Å²) >= 11 is 0. The van der Waals surface area contributed by atoms with Crippen LogP contribution in [0.5, 0.6) is 5.75 Å². The molecule has 4 aromatic rings. The molecular weight excluding hydrogens is 405 g/mol. The van der Waals surface area contributed by atoms with Crippen LogP contribution in [-0.4, -0.2) is 45.7 Å². The summed E-state index contributed by atoms with van der Waals surface area (Å²) in [7, 11) is 0. The molecule has 0 saturated carbocycles. The fraction of sp³-hybridized carbons (Fsp3) is 0.280. The highest BCUT2D eigenvalue weighted by Gasteiger charge is 2.12. The normalized spacial score (nSPS) is 14.2. The standard InChI is InChI=1S/C25H26FN5O/c1-18-7-8-19(17-22(18)26)23-5-4-6-24-28-25(29-31(23)24)27-20-9-11-21(12-10-20)32-16-15-30-13-2-3-14-30/h4-12,17H,2-3,13-16H2,1H3,(H,27,29). The number of ether oxygens (including phenoxy) is 1. The molecule has 6 nitrogen and oxygen atoms in total. The molecule has 5 rings (SSSR count). The van der Waals surface area contributed by atoms with Crippen molar-refractivity contribution >= 4 is 17.3 Å². The van der Waals surface area contributed by atoms with E-state index in [0.717, 1.165) is 29.2 Å². The minimum atomic E-state index is -0.235. The Kier molecular flexibility index (Phi) is 5.73. The van der Waals surface area contributed by atoms with E-state index >= 15 is 0 Å². The number of nitrogens with one attached hydrogen (secondary N) is 1. The Bertz CT molecular complexity index is 1210. The lowest BCUT2D eigenvalue weighted by Crippen LogP contribution is -2.25. The smallest absolute Gasteiger partial charge is 0.247 e. The molecule has 0 aliphatic carbocycles. The number of hydrogen-bond donors (Lipinski definition) is 1. The maximum Gasteiger partial charge on any atom is 0.247 e.